The Kier molecular flexibility index (Phi) is 13.8. The molecule has 0 spiro atoms. The van der Waals surface area contributed by atoms with Crippen LogP contribution in [0.15, 0.2) is 34.2 Å². The molecule has 1 aromatic rings. The molecule has 0 bridgehead atoms. The molecule has 1 rings (SSSR count). The van der Waals surface area contributed by atoms with Crippen LogP contribution in [0.4, 0.5) is 5.69 Å². The average Bonchev–Trinajstić information content (AvgIpc) is 2.68. The molecule has 0 aliphatic carbocycles. The lowest BCUT2D eigenvalue weighted by molar-refractivity contribution is -0.385. The van der Waals surface area contributed by atoms with E-state index in [1.165, 1.54) is 18.2 Å². The third-order valence-corrected chi connectivity index (χ3v) is 5.58. The van der Waals surface area contributed by atoms with Crippen LogP contribution in [0.2, 0.25) is 0 Å². The maximum Gasteiger partial charge on any atom is 0.270 e. The number of nitrogens with zero attached hydrogens (tertiary/aromatic N) is 2. The summed E-state index contributed by atoms with van der Waals surface area (Å²) < 4.78 is 32.7. The van der Waals surface area contributed by atoms with Crippen molar-refractivity contribution < 1.29 is 18.1 Å². The summed E-state index contributed by atoms with van der Waals surface area (Å²) in [6.45, 7) is 7.92. The van der Waals surface area contributed by atoms with Gasteiger partial charge in [-0.25, -0.2) is 13.1 Å². The molecule has 1 aromatic carbocycles. The van der Waals surface area contributed by atoms with Crippen LogP contribution < -0.4 is 15.4 Å². The fraction of sp³-hybridized carbons (Fsp3) is 0.611. The van der Waals surface area contributed by atoms with Gasteiger partial charge in [-0.1, -0.05) is 19.9 Å². The van der Waals surface area contributed by atoms with Crippen molar-refractivity contribution in [1.82, 2.24) is 15.4 Å². The number of halogens is 1. The second-order valence-electron chi connectivity index (χ2n) is 6.60. The van der Waals surface area contributed by atoms with E-state index >= 15 is 0 Å². The number of non-ortho nitro benzene ring substituents is 1. The maximum absolute atomic E-state index is 12.3. The fourth-order valence-corrected chi connectivity index (χ4v) is 3.66. The Morgan fingerprint density at radius 2 is 1.90 bits per heavy atom. The van der Waals surface area contributed by atoms with E-state index < -0.39 is 14.9 Å². The topological polar surface area (TPSA) is 135 Å². The normalized spacial score (nSPS) is 12.9. The van der Waals surface area contributed by atoms with Crippen LogP contribution in [0.1, 0.15) is 27.2 Å². The molecule has 0 aliphatic heterocycles. The third kappa shape index (κ3) is 10.00. The number of nitro groups is 1. The summed E-state index contributed by atoms with van der Waals surface area (Å²) in [5.41, 5.74) is -0.276. The minimum absolute atomic E-state index is 0. The number of sulfonamides is 1. The minimum atomic E-state index is -3.84. The molecule has 0 aromatic heterocycles. The Hall–Kier alpha value is -1.51. The summed E-state index contributed by atoms with van der Waals surface area (Å²) in [5, 5.41) is 17.0. The van der Waals surface area contributed by atoms with Crippen molar-refractivity contribution in [3.63, 3.8) is 0 Å². The molecular weight excluding hydrogens is 525 g/mol. The molecule has 30 heavy (non-hydrogen) atoms. The van der Waals surface area contributed by atoms with E-state index in [0.717, 1.165) is 12.5 Å². The number of nitrogens with one attached hydrogen (secondary N) is 3. The summed E-state index contributed by atoms with van der Waals surface area (Å²) in [7, 11) is -2.21. The number of hydrogen-bond acceptors (Lipinski definition) is 6. The highest BCUT2D eigenvalue weighted by molar-refractivity contribution is 14.0. The molecule has 0 saturated carbocycles. The Morgan fingerprint density at radius 1 is 1.23 bits per heavy atom. The quantitative estimate of drug-likeness (QED) is 0.0895. The molecule has 172 valence electrons. The van der Waals surface area contributed by atoms with Gasteiger partial charge in [0.2, 0.25) is 10.0 Å². The van der Waals surface area contributed by atoms with E-state index in [1.807, 2.05) is 6.92 Å². The fourth-order valence-electron chi connectivity index (χ4n) is 2.59. The molecule has 0 amide bonds. The van der Waals surface area contributed by atoms with Crippen LogP contribution in [0.5, 0.6) is 0 Å². The monoisotopic (exact) mass is 557 g/mol. The van der Waals surface area contributed by atoms with E-state index in [9.17, 15) is 18.5 Å². The minimum Gasteiger partial charge on any atom is -0.378 e. The predicted octanol–water partition coefficient (Wildman–Crippen LogP) is 2.11. The van der Waals surface area contributed by atoms with Crippen LogP contribution in [0.3, 0.4) is 0 Å². The summed E-state index contributed by atoms with van der Waals surface area (Å²) >= 11 is 0. The molecule has 3 N–H and O–H groups in total. The lowest BCUT2D eigenvalue weighted by atomic mass is 10.0. The largest absolute Gasteiger partial charge is 0.378 e. The lowest BCUT2D eigenvalue weighted by Crippen LogP contribution is -2.42. The van der Waals surface area contributed by atoms with Crippen molar-refractivity contribution in [2.75, 3.05) is 33.3 Å². The van der Waals surface area contributed by atoms with Gasteiger partial charge < -0.3 is 15.4 Å². The number of ether oxygens (including phenoxy) is 1. The zero-order chi connectivity index (χ0) is 21.9. The van der Waals surface area contributed by atoms with Crippen molar-refractivity contribution in [2.45, 2.75) is 38.2 Å². The van der Waals surface area contributed by atoms with Gasteiger partial charge in [0, 0.05) is 45.4 Å². The molecular formula is C18H32IN5O5S. The summed E-state index contributed by atoms with van der Waals surface area (Å²) in [6, 6.07) is 4.92. The van der Waals surface area contributed by atoms with Crippen molar-refractivity contribution in [2.24, 2.45) is 10.9 Å². The Labute approximate surface area is 195 Å². The van der Waals surface area contributed by atoms with E-state index in [4.69, 9.17) is 4.74 Å². The highest BCUT2D eigenvalue weighted by Crippen LogP contribution is 2.16. The number of hydrogen-bond donors (Lipinski definition) is 3. The Morgan fingerprint density at radius 3 is 2.47 bits per heavy atom. The van der Waals surface area contributed by atoms with Gasteiger partial charge >= 0.3 is 0 Å². The second kappa shape index (κ2) is 14.5. The van der Waals surface area contributed by atoms with Gasteiger partial charge in [-0.15, -0.1) is 24.0 Å². The number of rotatable bonds is 12. The zero-order valence-electron chi connectivity index (χ0n) is 17.8. The Bertz CT molecular complexity index is 789. The number of nitro benzene ring substituents is 1. The third-order valence-electron chi connectivity index (χ3n) is 4.12. The first-order chi connectivity index (χ1) is 13.7. The first-order valence-electron chi connectivity index (χ1n) is 9.51. The van der Waals surface area contributed by atoms with Gasteiger partial charge in [0.25, 0.3) is 5.69 Å². The van der Waals surface area contributed by atoms with Gasteiger partial charge in [-0.05, 0) is 25.3 Å². The number of benzene rings is 1. The van der Waals surface area contributed by atoms with Crippen LogP contribution in [-0.4, -0.2) is 58.7 Å². The number of guanidine groups is 1. The summed E-state index contributed by atoms with van der Waals surface area (Å²) in [6.07, 6.45) is 0.985. The van der Waals surface area contributed by atoms with Crippen LogP contribution in [-0.2, 0) is 14.8 Å². The molecule has 10 nitrogen and oxygen atoms in total. The first-order valence-corrected chi connectivity index (χ1v) is 11.0. The van der Waals surface area contributed by atoms with Crippen LogP contribution in [0, 0.1) is 16.0 Å². The van der Waals surface area contributed by atoms with Crippen molar-refractivity contribution in [1.29, 1.82) is 0 Å². The van der Waals surface area contributed by atoms with E-state index in [0.29, 0.717) is 31.6 Å². The standard InChI is InChI=1S/C18H31N5O5S.HI/c1-5-28-17(14(2)3)9-10-20-18(19-4)21-11-12-22-29(26,27)16-8-6-7-15(13-16)23(24)25;/h6-8,13-14,17,22H,5,9-12H2,1-4H3,(H2,19,20,21);1H. The summed E-state index contributed by atoms with van der Waals surface area (Å²) in [4.78, 5) is 14.1. The molecule has 0 aliphatic rings. The lowest BCUT2D eigenvalue weighted by Gasteiger charge is -2.21. The van der Waals surface area contributed by atoms with Crippen molar-refractivity contribution in [3.05, 3.63) is 34.4 Å². The molecule has 1 unspecified atom stereocenters. The number of aliphatic imine (C=N–C) groups is 1. The Balaban J connectivity index is 0.00000841. The van der Waals surface area contributed by atoms with Crippen molar-refractivity contribution >= 4 is 45.6 Å². The van der Waals surface area contributed by atoms with Crippen LogP contribution in [0.25, 0.3) is 0 Å². The van der Waals surface area contributed by atoms with Gasteiger partial charge in [0.15, 0.2) is 5.96 Å². The molecule has 0 fully saturated rings. The summed E-state index contributed by atoms with van der Waals surface area (Å²) in [5.74, 6) is 0.966. The smallest absolute Gasteiger partial charge is 0.270 e. The second-order valence-corrected chi connectivity index (χ2v) is 8.37. The van der Waals surface area contributed by atoms with Gasteiger partial charge in [-0.2, -0.15) is 0 Å². The van der Waals surface area contributed by atoms with Crippen molar-refractivity contribution in [3.8, 4) is 0 Å². The molecule has 12 heteroatoms. The SMILES string of the molecule is CCOC(CCNC(=NC)NCCNS(=O)(=O)c1cccc([N+](=O)[O-])c1)C(C)C.I. The maximum atomic E-state index is 12.3. The zero-order valence-corrected chi connectivity index (χ0v) is 20.9. The van der Waals surface area contributed by atoms with E-state index in [-0.39, 0.29) is 47.2 Å². The van der Waals surface area contributed by atoms with Gasteiger partial charge in [0.1, 0.15) is 0 Å². The van der Waals surface area contributed by atoms with Gasteiger partial charge in [-0.3, -0.25) is 15.1 Å². The van der Waals surface area contributed by atoms with E-state index in [2.05, 4.69) is 34.2 Å². The highest BCUT2D eigenvalue weighted by atomic mass is 127. The molecule has 1 atom stereocenters. The molecule has 0 heterocycles. The molecule has 0 radical (unpaired) electrons. The van der Waals surface area contributed by atoms with E-state index in [1.54, 1.807) is 7.05 Å². The highest BCUT2D eigenvalue weighted by Gasteiger charge is 2.17. The average molecular weight is 557 g/mol. The van der Waals surface area contributed by atoms with Gasteiger partial charge in [0.05, 0.1) is 15.9 Å². The predicted molar refractivity (Wildman–Crippen MR) is 128 cm³/mol. The first kappa shape index (κ1) is 28.5. The van der Waals surface area contributed by atoms with Crippen LogP contribution >= 0.6 is 24.0 Å². The molecule has 0 saturated heterocycles.